The van der Waals surface area contributed by atoms with Crippen molar-refractivity contribution >= 4 is 49.8 Å². The van der Waals surface area contributed by atoms with Gasteiger partial charge in [0.2, 0.25) is 5.91 Å². The van der Waals surface area contributed by atoms with Gasteiger partial charge in [0.25, 0.3) is 0 Å². The molecule has 0 spiro atoms. The topological polar surface area (TPSA) is 62.6 Å². The number of rotatable bonds is 4. The Morgan fingerprint density at radius 2 is 2.04 bits per heavy atom. The molecule has 0 radical (unpaired) electrons. The van der Waals surface area contributed by atoms with Crippen molar-refractivity contribution in [3.05, 3.63) is 61.0 Å². The Morgan fingerprint density at radius 3 is 2.68 bits per heavy atom. The summed E-state index contributed by atoms with van der Waals surface area (Å²) in [5.74, 6) is -0.145. The van der Waals surface area contributed by atoms with Gasteiger partial charge in [-0.25, -0.2) is 4.79 Å². The molecule has 1 unspecified atom stereocenters. The number of anilines is 1. The molecular weight excluding hydrogens is 404 g/mol. The zero-order valence-corrected chi connectivity index (χ0v) is 16.4. The molecule has 2 aromatic heterocycles. The smallest absolute Gasteiger partial charge is 0.336 e. The summed E-state index contributed by atoms with van der Waals surface area (Å²) in [6.07, 6.45) is 0. The standard InChI is InChI=1S/C18H17BrN2O3S/c1-10-6-16(22)24-14-8-12(4-5-13(10)14)20-18(23)17(21(2)3)15-7-11(19)9-25-15/h4-9,17H,1-3H3,(H,20,23). The Labute approximate surface area is 157 Å². The van der Waals surface area contributed by atoms with Gasteiger partial charge in [-0.05, 0) is 60.7 Å². The van der Waals surface area contributed by atoms with Crippen LogP contribution in [0.3, 0.4) is 0 Å². The van der Waals surface area contributed by atoms with Crippen LogP contribution in [0.15, 0.2) is 49.4 Å². The lowest BCUT2D eigenvalue weighted by atomic mass is 10.1. The van der Waals surface area contributed by atoms with Gasteiger partial charge in [-0.2, -0.15) is 0 Å². The molecule has 0 saturated heterocycles. The fourth-order valence-electron chi connectivity index (χ4n) is 2.70. The fourth-order valence-corrected chi connectivity index (χ4v) is 4.34. The van der Waals surface area contributed by atoms with Crippen LogP contribution >= 0.6 is 27.3 Å². The zero-order valence-electron chi connectivity index (χ0n) is 14.0. The minimum atomic E-state index is -0.406. The van der Waals surface area contributed by atoms with Gasteiger partial charge in [-0.15, -0.1) is 11.3 Å². The molecule has 1 aromatic carbocycles. The van der Waals surface area contributed by atoms with E-state index in [4.69, 9.17) is 4.42 Å². The van der Waals surface area contributed by atoms with E-state index in [0.717, 1.165) is 20.3 Å². The number of nitrogens with one attached hydrogen (secondary N) is 1. The second-order valence-electron chi connectivity index (χ2n) is 5.98. The van der Waals surface area contributed by atoms with Crippen LogP contribution in [0, 0.1) is 6.92 Å². The van der Waals surface area contributed by atoms with Gasteiger partial charge in [0.1, 0.15) is 11.6 Å². The summed E-state index contributed by atoms with van der Waals surface area (Å²) in [5.41, 5.74) is 1.50. The maximum absolute atomic E-state index is 12.8. The number of hydrogen-bond donors (Lipinski definition) is 1. The predicted molar refractivity (Wildman–Crippen MR) is 104 cm³/mol. The van der Waals surface area contributed by atoms with E-state index in [0.29, 0.717) is 11.3 Å². The number of carbonyl (C=O) groups excluding carboxylic acids is 1. The summed E-state index contributed by atoms with van der Waals surface area (Å²) in [6.45, 7) is 1.86. The highest BCUT2D eigenvalue weighted by molar-refractivity contribution is 9.10. The number of thiophene rings is 1. The third-order valence-electron chi connectivity index (χ3n) is 3.84. The fraction of sp³-hybridized carbons (Fsp3) is 0.222. The number of carbonyl (C=O) groups is 1. The first kappa shape index (κ1) is 17.8. The van der Waals surface area contributed by atoms with Crippen LogP contribution in [-0.4, -0.2) is 24.9 Å². The number of halogens is 1. The molecule has 3 rings (SSSR count). The SMILES string of the molecule is Cc1cc(=O)oc2cc(NC(=O)C(c3cc(Br)cs3)N(C)C)ccc12. The van der Waals surface area contributed by atoms with E-state index >= 15 is 0 Å². The van der Waals surface area contributed by atoms with Crippen LogP contribution in [-0.2, 0) is 4.79 Å². The highest BCUT2D eigenvalue weighted by Crippen LogP contribution is 2.30. The van der Waals surface area contributed by atoms with E-state index in [1.807, 2.05) is 49.5 Å². The second kappa shape index (κ2) is 7.11. The molecule has 3 aromatic rings. The predicted octanol–water partition coefficient (Wildman–Crippen LogP) is 4.17. The maximum Gasteiger partial charge on any atom is 0.336 e. The molecule has 130 valence electrons. The number of aryl methyl sites for hydroxylation is 1. The van der Waals surface area contributed by atoms with E-state index in [-0.39, 0.29) is 5.91 Å². The summed E-state index contributed by atoms with van der Waals surface area (Å²) in [5, 5.41) is 5.71. The number of benzene rings is 1. The minimum Gasteiger partial charge on any atom is -0.423 e. The Bertz CT molecular complexity index is 993. The van der Waals surface area contributed by atoms with Crippen LogP contribution < -0.4 is 10.9 Å². The lowest BCUT2D eigenvalue weighted by molar-refractivity contribution is -0.120. The molecule has 1 N–H and O–H groups in total. The minimum absolute atomic E-state index is 0.145. The molecule has 5 nitrogen and oxygen atoms in total. The lowest BCUT2D eigenvalue weighted by Gasteiger charge is -2.22. The van der Waals surface area contributed by atoms with Crippen LogP contribution in [0.2, 0.25) is 0 Å². The van der Waals surface area contributed by atoms with Gasteiger partial charge in [-0.1, -0.05) is 0 Å². The van der Waals surface area contributed by atoms with Crippen LogP contribution in [0.1, 0.15) is 16.5 Å². The first-order chi connectivity index (χ1) is 11.8. The average Bonchev–Trinajstić information content (AvgIpc) is 2.92. The number of fused-ring (bicyclic) bond motifs is 1. The van der Waals surface area contributed by atoms with Crippen LogP contribution in [0.25, 0.3) is 11.0 Å². The highest BCUT2D eigenvalue weighted by atomic mass is 79.9. The highest BCUT2D eigenvalue weighted by Gasteiger charge is 2.24. The Hall–Kier alpha value is -1.96. The molecule has 25 heavy (non-hydrogen) atoms. The zero-order chi connectivity index (χ0) is 18.1. The summed E-state index contributed by atoms with van der Waals surface area (Å²) in [4.78, 5) is 27.1. The van der Waals surface area contributed by atoms with E-state index in [1.165, 1.54) is 17.4 Å². The van der Waals surface area contributed by atoms with Crippen LogP contribution in [0.4, 0.5) is 5.69 Å². The number of amides is 1. The molecule has 0 fully saturated rings. The molecule has 0 bridgehead atoms. The van der Waals surface area contributed by atoms with Crippen molar-refractivity contribution < 1.29 is 9.21 Å². The third kappa shape index (κ3) is 3.84. The number of hydrogen-bond acceptors (Lipinski definition) is 5. The molecular formula is C18H17BrN2O3S. The van der Waals surface area contributed by atoms with Crippen molar-refractivity contribution in [2.75, 3.05) is 19.4 Å². The third-order valence-corrected chi connectivity index (χ3v) is 5.59. The van der Waals surface area contributed by atoms with Gasteiger partial charge < -0.3 is 9.73 Å². The normalized spacial score (nSPS) is 12.5. The quantitative estimate of drug-likeness (QED) is 0.643. The van der Waals surface area contributed by atoms with Gasteiger partial charge in [0.15, 0.2) is 0 Å². The van der Waals surface area contributed by atoms with E-state index < -0.39 is 11.7 Å². The van der Waals surface area contributed by atoms with Crippen molar-refractivity contribution in [2.45, 2.75) is 13.0 Å². The Kier molecular flexibility index (Phi) is 5.08. The largest absolute Gasteiger partial charge is 0.423 e. The maximum atomic E-state index is 12.8. The summed E-state index contributed by atoms with van der Waals surface area (Å²) >= 11 is 4.95. The van der Waals surface area contributed by atoms with Crippen molar-refractivity contribution in [1.29, 1.82) is 0 Å². The van der Waals surface area contributed by atoms with Gasteiger partial charge >= 0.3 is 5.63 Å². The van der Waals surface area contributed by atoms with Crippen molar-refractivity contribution in [2.24, 2.45) is 0 Å². The number of likely N-dealkylation sites (N-methyl/N-ethyl adjacent to an activating group) is 1. The summed E-state index contributed by atoms with van der Waals surface area (Å²) in [7, 11) is 3.72. The van der Waals surface area contributed by atoms with Gasteiger partial charge in [0, 0.05) is 37.9 Å². The Balaban J connectivity index is 1.91. The van der Waals surface area contributed by atoms with E-state index in [9.17, 15) is 9.59 Å². The molecule has 0 aliphatic heterocycles. The lowest BCUT2D eigenvalue weighted by Crippen LogP contribution is -2.31. The molecule has 0 saturated carbocycles. The summed E-state index contributed by atoms with van der Waals surface area (Å²) < 4.78 is 6.19. The molecule has 0 aliphatic carbocycles. The van der Waals surface area contributed by atoms with Crippen molar-refractivity contribution in [3.8, 4) is 0 Å². The second-order valence-corrected chi connectivity index (χ2v) is 7.84. The van der Waals surface area contributed by atoms with Gasteiger partial charge in [-0.3, -0.25) is 9.69 Å². The van der Waals surface area contributed by atoms with E-state index in [2.05, 4.69) is 21.2 Å². The first-order valence-electron chi connectivity index (χ1n) is 7.61. The molecule has 7 heteroatoms. The first-order valence-corrected chi connectivity index (χ1v) is 9.28. The molecule has 1 atom stereocenters. The van der Waals surface area contributed by atoms with Crippen molar-refractivity contribution in [3.63, 3.8) is 0 Å². The van der Waals surface area contributed by atoms with Gasteiger partial charge in [0.05, 0.1) is 0 Å². The average molecular weight is 421 g/mol. The summed E-state index contributed by atoms with van der Waals surface area (Å²) in [6, 6.07) is 8.32. The number of nitrogens with zero attached hydrogens (tertiary/aromatic N) is 1. The monoisotopic (exact) mass is 420 g/mol. The molecule has 2 heterocycles. The molecule has 0 aliphatic rings. The van der Waals surface area contributed by atoms with Crippen LogP contribution in [0.5, 0.6) is 0 Å². The van der Waals surface area contributed by atoms with Crippen molar-refractivity contribution in [1.82, 2.24) is 4.90 Å². The van der Waals surface area contributed by atoms with E-state index in [1.54, 1.807) is 6.07 Å². The Morgan fingerprint density at radius 1 is 1.28 bits per heavy atom. The molecule has 1 amide bonds.